The molecule has 0 radical (unpaired) electrons. The first-order valence-electron chi connectivity index (χ1n) is 10.7. The maximum atomic E-state index is 2.34. The van der Waals surface area contributed by atoms with Crippen LogP contribution in [0.25, 0.3) is 43.4 Å². The molecular formula is C29H30. The smallest absolute Gasteiger partial charge is 0.00928 e. The molecule has 0 unspecified atom stereocenters. The molecule has 0 spiro atoms. The number of hydrogen-bond acceptors (Lipinski definition) is 0. The van der Waals surface area contributed by atoms with Crippen molar-refractivity contribution in [3.63, 3.8) is 0 Å². The van der Waals surface area contributed by atoms with E-state index in [1.54, 1.807) is 0 Å². The van der Waals surface area contributed by atoms with Gasteiger partial charge in [-0.2, -0.15) is 0 Å². The van der Waals surface area contributed by atoms with Crippen LogP contribution in [-0.2, 0) is 0 Å². The van der Waals surface area contributed by atoms with Crippen molar-refractivity contribution < 1.29 is 0 Å². The molecule has 5 aromatic rings. The fraction of sp³-hybridized carbons (Fsp3) is 0.172. The SMILES string of the molecule is CC.CC.Cc1ccc(-c2ccc3c4ccccc4c4ccccc4c3c2)cc1. The molecule has 0 amide bonds. The summed E-state index contributed by atoms with van der Waals surface area (Å²) in [6, 6.07) is 33.1. The zero-order valence-corrected chi connectivity index (χ0v) is 18.2. The van der Waals surface area contributed by atoms with Crippen LogP contribution in [0.4, 0.5) is 0 Å². The van der Waals surface area contributed by atoms with Gasteiger partial charge in [0.25, 0.3) is 0 Å². The van der Waals surface area contributed by atoms with Gasteiger partial charge >= 0.3 is 0 Å². The van der Waals surface area contributed by atoms with Crippen molar-refractivity contribution in [3.05, 3.63) is 96.6 Å². The third kappa shape index (κ3) is 3.89. The maximum absolute atomic E-state index is 2.34. The zero-order chi connectivity index (χ0) is 20.8. The van der Waals surface area contributed by atoms with Crippen LogP contribution in [0.3, 0.4) is 0 Å². The Kier molecular flexibility index (Phi) is 6.67. The van der Waals surface area contributed by atoms with E-state index in [-0.39, 0.29) is 0 Å². The summed E-state index contributed by atoms with van der Waals surface area (Å²) < 4.78 is 0. The van der Waals surface area contributed by atoms with Gasteiger partial charge in [0.05, 0.1) is 0 Å². The minimum atomic E-state index is 1.27. The summed E-state index contributed by atoms with van der Waals surface area (Å²) in [6.07, 6.45) is 0. The summed E-state index contributed by atoms with van der Waals surface area (Å²) in [7, 11) is 0. The van der Waals surface area contributed by atoms with Crippen LogP contribution in [-0.4, -0.2) is 0 Å². The molecular weight excluding hydrogens is 348 g/mol. The lowest BCUT2D eigenvalue weighted by Crippen LogP contribution is -1.85. The molecule has 0 atom stereocenters. The molecule has 0 N–H and O–H groups in total. The molecule has 0 bridgehead atoms. The van der Waals surface area contributed by atoms with E-state index in [1.165, 1.54) is 49.0 Å². The number of aryl methyl sites for hydroxylation is 1. The molecule has 5 rings (SSSR count). The van der Waals surface area contributed by atoms with E-state index in [2.05, 4.69) is 97.9 Å². The number of benzene rings is 5. The molecule has 0 heteroatoms. The second-order valence-electron chi connectivity index (χ2n) is 6.72. The van der Waals surface area contributed by atoms with Crippen LogP contribution in [0.15, 0.2) is 91.0 Å². The maximum Gasteiger partial charge on any atom is -0.00928 e. The second kappa shape index (κ2) is 9.39. The first kappa shape index (κ1) is 20.6. The van der Waals surface area contributed by atoms with Gasteiger partial charge in [0.15, 0.2) is 0 Å². The quantitative estimate of drug-likeness (QED) is 0.255. The first-order chi connectivity index (χ1) is 14.3. The van der Waals surface area contributed by atoms with Crippen molar-refractivity contribution in [2.75, 3.05) is 0 Å². The molecule has 0 aromatic heterocycles. The predicted molar refractivity (Wildman–Crippen MR) is 132 cm³/mol. The van der Waals surface area contributed by atoms with Crippen LogP contribution >= 0.6 is 0 Å². The number of hydrogen-bond donors (Lipinski definition) is 0. The van der Waals surface area contributed by atoms with Crippen LogP contribution in [0.1, 0.15) is 33.3 Å². The Morgan fingerprint density at radius 3 is 1.24 bits per heavy atom. The fourth-order valence-electron chi connectivity index (χ4n) is 3.83. The van der Waals surface area contributed by atoms with Crippen LogP contribution in [0.2, 0.25) is 0 Å². The molecule has 0 aliphatic rings. The van der Waals surface area contributed by atoms with Crippen molar-refractivity contribution in [1.82, 2.24) is 0 Å². The third-order valence-electron chi connectivity index (χ3n) is 5.13. The summed E-state index contributed by atoms with van der Waals surface area (Å²) in [4.78, 5) is 0. The fourth-order valence-corrected chi connectivity index (χ4v) is 3.83. The molecule has 29 heavy (non-hydrogen) atoms. The van der Waals surface area contributed by atoms with Gasteiger partial charge in [0, 0.05) is 0 Å². The zero-order valence-electron chi connectivity index (χ0n) is 18.2. The van der Waals surface area contributed by atoms with Crippen molar-refractivity contribution in [1.29, 1.82) is 0 Å². The van der Waals surface area contributed by atoms with E-state index in [9.17, 15) is 0 Å². The Bertz CT molecular complexity index is 1190. The summed E-state index contributed by atoms with van der Waals surface area (Å²) in [5.41, 5.74) is 3.83. The average molecular weight is 379 g/mol. The first-order valence-corrected chi connectivity index (χ1v) is 10.7. The molecule has 0 nitrogen and oxygen atoms in total. The Labute approximate surface area is 174 Å². The van der Waals surface area contributed by atoms with Crippen molar-refractivity contribution >= 4 is 32.3 Å². The summed E-state index contributed by atoms with van der Waals surface area (Å²) in [5, 5.41) is 7.95. The largest absolute Gasteiger partial charge is 0.0683 e. The van der Waals surface area contributed by atoms with Crippen molar-refractivity contribution in [3.8, 4) is 11.1 Å². The third-order valence-corrected chi connectivity index (χ3v) is 5.13. The number of rotatable bonds is 1. The van der Waals surface area contributed by atoms with Crippen LogP contribution in [0.5, 0.6) is 0 Å². The highest BCUT2D eigenvalue weighted by molar-refractivity contribution is 6.25. The normalized spacial score (nSPS) is 10.2. The highest BCUT2D eigenvalue weighted by Gasteiger charge is 2.09. The summed E-state index contributed by atoms with van der Waals surface area (Å²) in [5.74, 6) is 0. The van der Waals surface area contributed by atoms with Gasteiger partial charge < -0.3 is 0 Å². The summed E-state index contributed by atoms with van der Waals surface area (Å²) >= 11 is 0. The lowest BCUT2D eigenvalue weighted by molar-refractivity contribution is 1.47. The molecule has 0 fully saturated rings. The molecule has 0 heterocycles. The van der Waals surface area contributed by atoms with E-state index >= 15 is 0 Å². The van der Waals surface area contributed by atoms with E-state index in [4.69, 9.17) is 0 Å². The second-order valence-corrected chi connectivity index (χ2v) is 6.72. The highest BCUT2D eigenvalue weighted by atomic mass is 14.1. The molecule has 0 aliphatic carbocycles. The van der Waals surface area contributed by atoms with Crippen molar-refractivity contribution in [2.45, 2.75) is 34.6 Å². The van der Waals surface area contributed by atoms with Gasteiger partial charge in [-0.15, -0.1) is 0 Å². The Balaban J connectivity index is 0.000000568. The molecule has 146 valence electrons. The van der Waals surface area contributed by atoms with Crippen LogP contribution < -0.4 is 0 Å². The van der Waals surface area contributed by atoms with Gasteiger partial charge in [-0.05, 0) is 56.4 Å². The topological polar surface area (TPSA) is 0 Å². The standard InChI is InChI=1S/C25H18.2C2H6/c1-17-10-12-18(13-11-17)19-14-15-24-22-8-3-2-6-20(22)21-7-4-5-9-23(21)25(24)16-19;2*1-2/h2-16H,1H3;2*1-2H3. The minimum absolute atomic E-state index is 1.27. The van der Waals surface area contributed by atoms with E-state index in [0.717, 1.165) is 0 Å². The van der Waals surface area contributed by atoms with E-state index in [0.29, 0.717) is 0 Å². The van der Waals surface area contributed by atoms with E-state index in [1.807, 2.05) is 27.7 Å². The molecule has 0 saturated carbocycles. The van der Waals surface area contributed by atoms with Gasteiger partial charge in [-0.25, -0.2) is 0 Å². The monoisotopic (exact) mass is 378 g/mol. The van der Waals surface area contributed by atoms with Crippen molar-refractivity contribution in [2.24, 2.45) is 0 Å². The van der Waals surface area contributed by atoms with Gasteiger partial charge in [-0.3, -0.25) is 0 Å². The summed E-state index contributed by atoms with van der Waals surface area (Å²) in [6.45, 7) is 10.1. The molecule has 0 saturated heterocycles. The van der Waals surface area contributed by atoms with Gasteiger partial charge in [-0.1, -0.05) is 118 Å². The average Bonchev–Trinajstić information content (AvgIpc) is 2.82. The molecule has 5 aromatic carbocycles. The highest BCUT2D eigenvalue weighted by Crippen LogP contribution is 2.36. The number of fused-ring (bicyclic) bond motifs is 6. The molecule has 0 aliphatic heterocycles. The minimum Gasteiger partial charge on any atom is -0.0683 e. The van der Waals surface area contributed by atoms with Crippen LogP contribution in [0, 0.1) is 6.92 Å². The van der Waals surface area contributed by atoms with Gasteiger partial charge in [0.2, 0.25) is 0 Å². The Morgan fingerprint density at radius 1 is 0.379 bits per heavy atom. The Morgan fingerprint density at radius 2 is 0.759 bits per heavy atom. The lowest BCUT2D eigenvalue weighted by atomic mass is 9.92. The van der Waals surface area contributed by atoms with Gasteiger partial charge in [0.1, 0.15) is 0 Å². The lowest BCUT2D eigenvalue weighted by Gasteiger charge is -2.12. The van der Waals surface area contributed by atoms with E-state index < -0.39 is 0 Å². The Hall–Kier alpha value is -3.12. The predicted octanol–water partition coefficient (Wildman–Crippen LogP) is 9.17.